The van der Waals surface area contributed by atoms with E-state index in [9.17, 15) is 71.2 Å². The Morgan fingerprint density at radius 1 is 0.178 bits per heavy atom. The van der Waals surface area contributed by atoms with Gasteiger partial charge < -0.3 is 152 Å². The Labute approximate surface area is 963 Å². The van der Waals surface area contributed by atoms with Gasteiger partial charge in [-0.25, -0.2) is 0 Å². The van der Waals surface area contributed by atoms with E-state index in [0.717, 1.165) is 0 Å². The molecule has 470 valence electrons. The molecule has 0 atom stereocenters. The molecule has 0 radical (unpaired) electrons. The molecule has 90 heavy (non-hydrogen) atoms. The summed E-state index contributed by atoms with van der Waals surface area (Å²) in [5.41, 5.74) is 25.0. The molecule has 40 nitrogen and oxygen atoms in total. The van der Waals surface area contributed by atoms with Crippen LogP contribution in [-0.4, -0.2) is 773 Å². The maximum atomic E-state index is 10.7. The van der Waals surface area contributed by atoms with Gasteiger partial charge in [-0.3, -0.25) is 45.7 Å². The van der Waals surface area contributed by atoms with Crippen LogP contribution in [0, 0.1) is 0 Å². The molecule has 0 rings (SSSR count). The van der Waals surface area contributed by atoms with Gasteiger partial charge >= 0.3 is 667 Å². The van der Waals surface area contributed by atoms with E-state index in [0.29, 0.717) is 0 Å². The standard InChI is InChI=1S/5C4H13NO7P2.20Na.20H/c5*5-3-1-2-4(6,13(7,8)9)14(10,11)12;;;;;;;;;;;;;;;;;;;;;;;;;;;;;;;;;;;;;;;;/h5*6H,1-3,5H2,(H2,7,8,9)(H2,10,11,12);;;;;;;;;;;;;;;;;;;;;;;;;;;;;;;;;;;;;;;;. The summed E-state index contributed by atoms with van der Waals surface area (Å²) in [6.07, 6.45) is -4.28. The van der Waals surface area contributed by atoms with Crippen molar-refractivity contribution in [3.63, 3.8) is 0 Å². The molecule has 0 saturated carbocycles. The molecule has 0 saturated heterocycles. The van der Waals surface area contributed by atoms with Crippen LogP contribution in [0.15, 0.2) is 0 Å². The maximum absolute atomic E-state index is 10.7. The molecule has 0 aromatic rings. The molecule has 0 aromatic heterocycles. The molecule has 0 fully saturated rings. The van der Waals surface area contributed by atoms with Crippen LogP contribution in [0.25, 0.3) is 0 Å². The van der Waals surface area contributed by atoms with Gasteiger partial charge in [-0.2, -0.15) is 0 Å². The zero-order chi connectivity index (χ0) is 58.1. The molecule has 35 N–H and O–H groups in total. The van der Waals surface area contributed by atoms with Gasteiger partial charge in [-0.1, -0.05) is 0 Å². The van der Waals surface area contributed by atoms with Crippen molar-refractivity contribution >= 4 is 667 Å². The van der Waals surface area contributed by atoms with Crippen molar-refractivity contribution in [1.29, 1.82) is 0 Å². The van der Waals surface area contributed by atoms with Gasteiger partial charge in [0.05, 0.1) is 0 Å². The minimum atomic E-state index is -5.30. The van der Waals surface area contributed by atoms with E-state index >= 15 is 0 Å². The van der Waals surface area contributed by atoms with E-state index in [4.69, 9.17) is 127 Å². The van der Waals surface area contributed by atoms with Crippen molar-refractivity contribution < 1.29 is 169 Å². The average Bonchev–Trinajstić information content (AvgIpc) is 3.12. The normalized spacial score (nSPS) is 11.2. The van der Waals surface area contributed by atoms with Crippen molar-refractivity contribution in [2.45, 2.75) is 89.6 Å². The van der Waals surface area contributed by atoms with Crippen molar-refractivity contribution in [1.82, 2.24) is 0 Å². The van der Waals surface area contributed by atoms with E-state index in [1.54, 1.807) is 0 Å². The Morgan fingerprint density at radius 3 is 0.267 bits per heavy atom. The summed E-state index contributed by atoms with van der Waals surface area (Å²) in [4.78, 5) is 173. The van der Waals surface area contributed by atoms with Gasteiger partial charge in [0.2, 0.25) is 0 Å². The second-order valence-corrected chi connectivity index (χ2v) is 33.8. The van der Waals surface area contributed by atoms with Gasteiger partial charge in [0, 0.05) is 32.1 Å². The Kier molecular flexibility index (Phi) is 166. The van der Waals surface area contributed by atoms with E-state index in [2.05, 4.69) is 0 Å². The molecule has 0 aliphatic rings. The SMILES string of the molecule is NCCCC(O)(P(=O)(O)O)P(=O)(O)O.NCCCC(O)(P(=O)(O)O)P(=O)(O)O.NCCCC(O)(P(=O)(O)O)P(=O)(O)O.NCCCC(O)(P(=O)(O)O)P(=O)(O)O.NCCCC(O)(P(=O)(O)O)P(=O)(O)O.[NaH].[NaH].[NaH].[NaH].[NaH].[NaH].[NaH].[NaH].[NaH].[NaH].[NaH].[NaH].[NaH].[NaH].[NaH].[NaH].[NaH].[NaH].[NaH].[NaH]. The summed E-state index contributed by atoms with van der Waals surface area (Å²) >= 11 is 0. The topological polar surface area (TPSA) is 807 Å². The van der Waals surface area contributed by atoms with E-state index < -0.39 is 133 Å². The van der Waals surface area contributed by atoms with Crippen LogP contribution < -0.4 is 28.7 Å². The predicted molar refractivity (Wildman–Crippen MR) is 380 cm³/mol. The third-order valence-corrected chi connectivity index (χ3v) is 27.6. The van der Waals surface area contributed by atoms with Crippen LogP contribution in [0.5, 0.6) is 0 Å². The first kappa shape index (κ1) is 182. The van der Waals surface area contributed by atoms with Crippen molar-refractivity contribution in [2.75, 3.05) is 32.7 Å². The third-order valence-electron chi connectivity index (χ3n) is 8.25. The molecular weight excluding hydrogens is 1640 g/mol. The summed E-state index contributed by atoms with van der Waals surface area (Å²) in [7, 11) is -53.0. The molecule has 0 amide bonds. The summed E-state index contributed by atoms with van der Waals surface area (Å²) in [6, 6.07) is 0. The summed E-state index contributed by atoms with van der Waals surface area (Å²) in [5, 5.41) is 29.6. The average molecular weight is 1730 g/mol. The zero-order valence-corrected chi connectivity index (χ0v) is 44.7. The van der Waals surface area contributed by atoms with E-state index in [-0.39, 0.29) is 656 Å². The van der Waals surface area contributed by atoms with Crippen LogP contribution in [0.3, 0.4) is 0 Å². The van der Waals surface area contributed by atoms with Gasteiger partial charge in [0.15, 0.2) is 0 Å². The monoisotopic (exact) mass is 1730 g/mol. The van der Waals surface area contributed by atoms with Gasteiger partial charge in [0.25, 0.3) is 25.4 Å². The first-order chi connectivity index (χ1) is 30.3. The van der Waals surface area contributed by atoms with Crippen molar-refractivity contribution in [3.8, 4) is 0 Å². The second kappa shape index (κ2) is 82.4. The molecular formula is C20H85N5Na20O35P10. The molecule has 0 aliphatic carbocycles. The minimum absolute atomic E-state index is 0. The van der Waals surface area contributed by atoms with Crippen molar-refractivity contribution in [2.24, 2.45) is 28.7 Å². The molecule has 0 heterocycles. The Balaban J connectivity index is -0.0000000242. The van der Waals surface area contributed by atoms with Crippen LogP contribution >= 0.6 is 76.0 Å². The molecule has 0 aromatic carbocycles. The van der Waals surface area contributed by atoms with Crippen LogP contribution in [-0.2, 0) is 45.7 Å². The second-order valence-electron chi connectivity index (χ2n) is 13.8. The fourth-order valence-corrected chi connectivity index (χ4v) is 15.3. The third kappa shape index (κ3) is 68.8. The number of hydrogen-bond donors (Lipinski definition) is 30. The Hall–Kier alpha value is 21.1. The Bertz CT molecular complexity index is 1690. The van der Waals surface area contributed by atoms with Gasteiger partial charge in [0.1, 0.15) is 0 Å². The molecule has 70 heteroatoms. The fourth-order valence-electron chi connectivity index (χ4n) is 4.00. The van der Waals surface area contributed by atoms with E-state index in [1.807, 2.05) is 0 Å². The van der Waals surface area contributed by atoms with Crippen LogP contribution in [0.4, 0.5) is 0 Å². The van der Waals surface area contributed by atoms with Gasteiger partial charge in [-0.15, -0.1) is 0 Å². The molecule has 0 aliphatic heterocycles. The summed E-state index contributed by atoms with van der Waals surface area (Å²) < 4.78 is 107. The van der Waals surface area contributed by atoms with Gasteiger partial charge in [-0.05, 0) is 64.8 Å². The summed E-state index contributed by atoms with van der Waals surface area (Å²) in [6.45, 7) is -0.197. The molecule has 0 unspecified atom stereocenters. The Morgan fingerprint density at radius 2 is 0.233 bits per heavy atom. The van der Waals surface area contributed by atoms with Crippen molar-refractivity contribution in [3.05, 3.63) is 0 Å². The predicted octanol–water partition coefficient (Wildman–Crippen LogP) is -19.3. The fraction of sp³-hybridized carbons (Fsp3) is 1.00. The molecule has 0 spiro atoms. The summed E-state index contributed by atoms with van der Waals surface area (Å²) in [5.74, 6) is 0. The first-order valence-electron chi connectivity index (χ1n) is 18.0. The quantitative estimate of drug-likeness (QED) is 0.0298. The van der Waals surface area contributed by atoms with Crippen LogP contribution in [0.2, 0.25) is 0 Å². The van der Waals surface area contributed by atoms with Crippen LogP contribution in [0.1, 0.15) is 64.2 Å². The number of hydrogen-bond acceptors (Lipinski definition) is 20. The number of aliphatic hydroxyl groups is 5. The number of rotatable bonds is 25. The first-order valence-corrected chi connectivity index (χ1v) is 34.1. The van der Waals surface area contributed by atoms with E-state index in [1.165, 1.54) is 0 Å². The zero-order valence-electron chi connectivity index (χ0n) is 35.7. The number of nitrogens with two attached hydrogens (primary N) is 5. The molecule has 0 bridgehead atoms.